The molecule has 1 atom stereocenters. The molecule has 0 aliphatic carbocycles. The monoisotopic (exact) mass is 430 g/mol. The molecule has 2 heterocycles. The zero-order valence-corrected chi connectivity index (χ0v) is 18.2. The Morgan fingerprint density at radius 2 is 1.71 bits per heavy atom. The number of aliphatic hydroxyl groups is 1. The maximum Gasteiger partial charge on any atom is 0.410 e. The lowest BCUT2D eigenvalue weighted by atomic mass is 10.1. The van der Waals surface area contributed by atoms with E-state index in [0.29, 0.717) is 39.3 Å². The number of piperazine rings is 1. The molecule has 1 aromatic heterocycles. The van der Waals surface area contributed by atoms with Crippen LogP contribution in [-0.4, -0.2) is 86.3 Å². The number of aromatic carboxylic acids is 1. The molecular formula is C22H30N4O5. The summed E-state index contributed by atoms with van der Waals surface area (Å²) in [5.41, 5.74) is 1.45. The molecule has 1 aliphatic rings. The van der Waals surface area contributed by atoms with E-state index < -0.39 is 17.7 Å². The molecule has 31 heavy (non-hydrogen) atoms. The standard InChI is InChI=1S/C22H30N4O5/c1-22(2,3)31-21(30)25-10-8-24(9-11-25)14-19(27)15-26-13-18(12-23-26)16-4-6-17(7-5-16)20(28)29/h4-7,12-13,19,27H,8-11,14-15H2,1-3H3,(H,28,29). The fourth-order valence-electron chi connectivity index (χ4n) is 3.43. The van der Waals surface area contributed by atoms with Gasteiger partial charge in [0.05, 0.1) is 24.4 Å². The summed E-state index contributed by atoms with van der Waals surface area (Å²) >= 11 is 0. The van der Waals surface area contributed by atoms with Crippen molar-refractivity contribution in [2.75, 3.05) is 32.7 Å². The highest BCUT2D eigenvalue weighted by Crippen LogP contribution is 2.19. The minimum atomic E-state index is -0.961. The average molecular weight is 431 g/mol. The van der Waals surface area contributed by atoms with E-state index in [1.54, 1.807) is 40.0 Å². The molecule has 9 nitrogen and oxygen atoms in total. The number of aromatic nitrogens is 2. The molecule has 2 aromatic rings. The highest BCUT2D eigenvalue weighted by Gasteiger charge is 2.26. The van der Waals surface area contributed by atoms with Gasteiger partial charge in [0.1, 0.15) is 5.60 Å². The predicted molar refractivity (Wildman–Crippen MR) is 115 cm³/mol. The number of amides is 1. The van der Waals surface area contributed by atoms with Crippen molar-refractivity contribution in [3.8, 4) is 11.1 Å². The minimum Gasteiger partial charge on any atom is -0.478 e. The summed E-state index contributed by atoms with van der Waals surface area (Å²) in [5, 5.41) is 23.8. The molecule has 9 heteroatoms. The van der Waals surface area contributed by atoms with Gasteiger partial charge in [-0.15, -0.1) is 0 Å². The molecule has 0 bridgehead atoms. The highest BCUT2D eigenvalue weighted by atomic mass is 16.6. The molecule has 0 spiro atoms. The molecule has 168 valence electrons. The largest absolute Gasteiger partial charge is 0.478 e. The van der Waals surface area contributed by atoms with Crippen LogP contribution in [0.1, 0.15) is 31.1 Å². The molecule has 3 rings (SSSR count). The van der Waals surface area contributed by atoms with Gasteiger partial charge in [-0.2, -0.15) is 5.10 Å². The molecule has 0 saturated carbocycles. The minimum absolute atomic E-state index is 0.235. The van der Waals surface area contributed by atoms with Gasteiger partial charge in [0.15, 0.2) is 0 Å². The number of benzene rings is 1. The Balaban J connectivity index is 1.47. The van der Waals surface area contributed by atoms with E-state index in [1.165, 1.54) is 0 Å². The van der Waals surface area contributed by atoms with Crippen molar-refractivity contribution in [2.45, 2.75) is 39.0 Å². The summed E-state index contributed by atoms with van der Waals surface area (Å²) in [6.45, 7) is 8.88. The maximum absolute atomic E-state index is 12.2. The van der Waals surface area contributed by atoms with Crippen LogP contribution >= 0.6 is 0 Å². The van der Waals surface area contributed by atoms with Crippen molar-refractivity contribution in [2.24, 2.45) is 0 Å². The smallest absolute Gasteiger partial charge is 0.410 e. The second-order valence-corrected chi connectivity index (χ2v) is 8.76. The Bertz CT molecular complexity index is 895. The fraction of sp³-hybridized carbons (Fsp3) is 0.500. The summed E-state index contributed by atoms with van der Waals surface area (Å²) in [4.78, 5) is 26.9. The third kappa shape index (κ3) is 6.53. The van der Waals surface area contributed by atoms with Crippen LogP contribution < -0.4 is 0 Å². The zero-order chi connectivity index (χ0) is 22.6. The van der Waals surface area contributed by atoms with Gasteiger partial charge in [-0.05, 0) is 38.5 Å². The molecular weight excluding hydrogens is 400 g/mol. The van der Waals surface area contributed by atoms with Crippen LogP contribution in [0.5, 0.6) is 0 Å². The molecule has 2 N–H and O–H groups in total. The fourth-order valence-corrected chi connectivity index (χ4v) is 3.43. The number of hydrogen-bond donors (Lipinski definition) is 2. The van der Waals surface area contributed by atoms with Gasteiger partial charge in [-0.25, -0.2) is 9.59 Å². The first kappa shape index (κ1) is 22.8. The number of β-amino-alcohol motifs (C(OH)–C–C–N with tert-alkyl or cyclic N) is 1. The Kier molecular flexibility index (Phi) is 6.97. The van der Waals surface area contributed by atoms with Crippen LogP contribution in [0.4, 0.5) is 4.79 Å². The Hall–Kier alpha value is -2.91. The summed E-state index contributed by atoms with van der Waals surface area (Å²) < 4.78 is 7.09. The molecule has 1 aliphatic heterocycles. The number of nitrogens with zero attached hydrogens (tertiary/aromatic N) is 4. The second-order valence-electron chi connectivity index (χ2n) is 8.76. The molecule has 1 fully saturated rings. The van der Waals surface area contributed by atoms with Gasteiger partial charge in [0.25, 0.3) is 0 Å². The van der Waals surface area contributed by atoms with E-state index in [9.17, 15) is 14.7 Å². The van der Waals surface area contributed by atoms with Crippen LogP contribution in [0.15, 0.2) is 36.7 Å². The van der Waals surface area contributed by atoms with Gasteiger partial charge >= 0.3 is 12.1 Å². The Labute approximate surface area is 181 Å². The number of carbonyl (C=O) groups excluding carboxylic acids is 1. The first-order valence-corrected chi connectivity index (χ1v) is 10.4. The number of carbonyl (C=O) groups is 2. The van der Waals surface area contributed by atoms with Crippen LogP contribution in [0.25, 0.3) is 11.1 Å². The van der Waals surface area contributed by atoms with Gasteiger partial charge in [0.2, 0.25) is 0 Å². The van der Waals surface area contributed by atoms with E-state index in [4.69, 9.17) is 9.84 Å². The second kappa shape index (κ2) is 9.49. The summed E-state index contributed by atoms with van der Waals surface area (Å²) in [6, 6.07) is 6.60. The number of carboxylic acids is 1. The lowest BCUT2D eigenvalue weighted by Gasteiger charge is -2.36. The third-order valence-corrected chi connectivity index (χ3v) is 4.99. The van der Waals surface area contributed by atoms with E-state index in [-0.39, 0.29) is 11.7 Å². The number of ether oxygens (including phenoxy) is 1. The lowest BCUT2D eigenvalue weighted by molar-refractivity contribution is 0.00918. The van der Waals surface area contributed by atoms with Gasteiger partial charge in [-0.1, -0.05) is 12.1 Å². The Morgan fingerprint density at radius 3 is 2.29 bits per heavy atom. The maximum atomic E-state index is 12.2. The van der Waals surface area contributed by atoms with E-state index >= 15 is 0 Å². The van der Waals surface area contributed by atoms with Crippen molar-refractivity contribution in [1.29, 1.82) is 0 Å². The molecule has 1 amide bonds. The van der Waals surface area contributed by atoms with Gasteiger partial charge in [-0.3, -0.25) is 9.58 Å². The number of hydrogen-bond acceptors (Lipinski definition) is 6. The number of carboxylic acid groups (broad SMARTS) is 1. The van der Waals surface area contributed by atoms with Gasteiger partial charge in [0, 0.05) is 44.5 Å². The predicted octanol–water partition coefficient (Wildman–Crippen LogP) is 2.16. The topological polar surface area (TPSA) is 108 Å². The Morgan fingerprint density at radius 1 is 1.06 bits per heavy atom. The third-order valence-electron chi connectivity index (χ3n) is 4.99. The summed E-state index contributed by atoms with van der Waals surface area (Å²) in [6.07, 6.45) is 2.63. The van der Waals surface area contributed by atoms with Crippen LogP contribution in [0.2, 0.25) is 0 Å². The molecule has 1 unspecified atom stereocenters. The molecule has 0 radical (unpaired) electrons. The summed E-state index contributed by atoms with van der Waals surface area (Å²) in [5.74, 6) is -0.961. The van der Waals surface area contributed by atoms with Crippen LogP contribution in [0, 0.1) is 0 Å². The SMILES string of the molecule is CC(C)(C)OC(=O)N1CCN(CC(O)Cn2cc(-c3ccc(C(=O)O)cc3)cn2)CC1. The zero-order valence-electron chi connectivity index (χ0n) is 18.2. The lowest BCUT2D eigenvalue weighted by Crippen LogP contribution is -2.51. The quantitative estimate of drug-likeness (QED) is 0.723. The van der Waals surface area contributed by atoms with Crippen molar-refractivity contribution in [1.82, 2.24) is 19.6 Å². The first-order chi connectivity index (χ1) is 14.6. The molecule has 1 saturated heterocycles. The summed E-state index contributed by atoms with van der Waals surface area (Å²) in [7, 11) is 0. The van der Waals surface area contributed by atoms with Crippen LogP contribution in [0.3, 0.4) is 0 Å². The number of aliphatic hydroxyl groups excluding tert-OH is 1. The van der Waals surface area contributed by atoms with Crippen molar-refractivity contribution < 1.29 is 24.5 Å². The van der Waals surface area contributed by atoms with E-state index in [1.807, 2.05) is 27.0 Å². The normalized spacial score (nSPS) is 16.2. The first-order valence-electron chi connectivity index (χ1n) is 10.4. The van der Waals surface area contributed by atoms with E-state index in [2.05, 4.69) is 10.00 Å². The molecule has 1 aromatic carbocycles. The number of rotatable bonds is 6. The van der Waals surface area contributed by atoms with Crippen molar-refractivity contribution >= 4 is 12.1 Å². The van der Waals surface area contributed by atoms with E-state index in [0.717, 1.165) is 11.1 Å². The average Bonchev–Trinajstić information content (AvgIpc) is 3.15. The van der Waals surface area contributed by atoms with Gasteiger partial charge < -0.3 is 19.8 Å². The van der Waals surface area contributed by atoms with Crippen molar-refractivity contribution in [3.05, 3.63) is 42.2 Å². The van der Waals surface area contributed by atoms with Crippen molar-refractivity contribution in [3.63, 3.8) is 0 Å². The highest BCUT2D eigenvalue weighted by molar-refractivity contribution is 5.88. The van der Waals surface area contributed by atoms with Crippen LogP contribution in [-0.2, 0) is 11.3 Å².